The summed E-state index contributed by atoms with van der Waals surface area (Å²) in [7, 11) is 0. The molecule has 3 N–H and O–H groups in total. The molecule has 3 heterocycles. The molecule has 2 aromatic carbocycles. The van der Waals surface area contributed by atoms with Crippen molar-refractivity contribution in [3.63, 3.8) is 0 Å². The van der Waals surface area contributed by atoms with Crippen LogP contribution in [0.1, 0.15) is 23.0 Å². The Hall–Kier alpha value is -4.18. The van der Waals surface area contributed by atoms with Crippen molar-refractivity contribution in [1.82, 2.24) is 19.5 Å². The number of hydrogen-bond acceptors (Lipinski definition) is 10. The first-order chi connectivity index (χ1) is 21.1. The molecule has 1 fully saturated rings. The minimum atomic E-state index is -2.19. The van der Waals surface area contributed by atoms with E-state index in [-0.39, 0.29) is 23.5 Å². The Morgan fingerprint density at radius 3 is 2.45 bits per heavy atom. The van der Waals surface area contributed by atoms with Crippen molar-refractivity contribution >= 4 is 46.5 Å². The Bertz CT molecular complexity index is 1690. The molecule has 0 amide bonds. The van der Waals surface area contributed by atoms with Gasteiger partial charge in [0.2, 0.25) is 5.28 Å². The molecule has 1 aliphatic rings. The number of aliphatic carboxylic acids is 1. The second-order valence-corrected chi connectivity index (χ2v) is 10.5. The number of rotatable bonds is 10. The van der Waals surface area contributed by atoms with E-state index in [0.29, 0.717) is 29.1 Å². The topological polar surface area (TPSA) is 174 Å². The number of ether oxygens (including phenoxy) is 2. The van der Waals surface area contributed by atoms with Crippen molar-refractivity contribution in [2.45, 2.75) is 49.4 Å². The summed E-state index contributed by atoms with van der Waals surface area (Å²) in [5.41, 5.74) is 0.736. The summed E-state index contributed by atoms with van der Waals surface area (Å²) in [6.45, 7) is -0.399. The minimum Gasteiger partial charge on any atom is -0.479 e. The predicted octanol–water partition coefficient (Wildman–Crippen LogP) is 2.67. The summed E-state index contributed by atoms with van der Waals surface area (Å²) in [5.74, 6) is 1.01. The molecule has 1 aliphatic heterocycles. The zero-order valence-corrected chi connectivity index (χ0v) is 24.4. The molecule has 0 aliphatic carbocycles. The first kappa shape index (κ1) is 32.7. The number of nitrogens with zero attached hydrogens (tertiary/aromatic N) is 4. The number of aryl methyl sites for hydroxylation is 2. The third-order valence-corrected chi connectivity index (χ3v) is 7.60. The molecule has 1 unspecified atom stereocenters. The summed E-state index contributed by atoms with van der Waals surface area (Å²) in [6.07, 6.45) is 3.02. The molecule has 5 rings (SSSR count). The van der Waals surface area contributed by atoms with Crippen LogP contribution in [0.3, 0.4) is 0 Å². The number of benzene rings is 2. The Labute approximate surface area is 261 Å². The van der Waals surface area contributed by atoms with Gasteiger partial charge in [0.15, 0.2) is 23.6 Å². The summed E-state index contributed by atoms with van der Waals surface area (Å²) in [4.78, 5) is 41.2. The molecule has 4 aromatic rings. The molecule has 0 radical (unpaired) electrons. The number of carbonyl (C=O) groups excluding carboxylic acids is 2. The highest BCUT2D eigenvalue weighted by atomic mass is 35.5. The zero-order chi connectivity index (χ0) is 31.9. The highest BCUT2D eigenvalue weighted by molar-refractivity contribution is 6.31. The van der Waals surface area contributed by atoms with Crippen LogP contribution in [-0.4, -0.2) is 77.5 Å². The number of carboxylic acids is 1. The van der Waals surface area contributed by atoms with Crippen LogP contribution in [0.15, 0.2) is 60.9 Å². The van der Waals surface area contributed by atoms with E-state index in [0.717, 1.165) is 11.1 Å². The van der Waals surface area contributed by atoms with Gasteiger partial charge in [-0.15, -0.1) is 6.42 Å². The van der Waals surface area contributed by atoms with Crippen molar-refractivity contribution < 1.29 is 39.2 Å². The van der Waals surface area contributed by atoms with Gasteiger partial charge in [-0.2, -0.15) is 14.6 Å². The largest absolute Gasteiger partial charge is 0.479 e. The van der Waals surface area contributed by atoms with Crippen molar-refractivity contribution in [2.75, 3.05) is 6.61 Å². The lowest BCUT2D eigenvalue weighted by atomic mass is 9.93. The Kier molecular flexibility index (Phi) is 10.8. The average Bonchev–Trinajstić information content (AvgIpc) is 3.53. The number of terminal acetylenes is 1. The smallest absolute Gasteiger partial charge is 0.373 e. The Morgan fingerprint density at radius 2 is 1.80 bits per heavy atom. The van der Waals surface area contributed by atoms with E-state index in [4.69, 9.17) is 48.7 Å². The molecule has 12 nitrogen and oxygen atoms in total. The molecule has 0 spiro atoms. The fraction of sp³-hybridized carbons (Fsp3) is 0.300. The monoisotopic (exact) mass is 640 g/mol. The van der Waals surface area contributed by atoms with Crippen LogP contribution in [0.25, 0.3) is 11.2 Å². The third-order valence-electron chi connectivity index (χ3n) is 7.06. The molecule has 14 heteroatoms. The van der Waals surface area contributed by atoms with E-state index < -0.39 is 42.7 Å². The van der Waals surface area contributed by atoms with E-state index in [9.17, 15) is 20.1 Å². The van der Waals surface area contributed by atoms with Gasteiger partial charge < -0.3 is 24.8 Å². The number of carbonyl (C=O) groups is 1. The highest BCUT2D eigenvalue weighted by Gasteiger charge is 2.56. The lowest BCUT2D eigenvalue weighted by molar-refractivity contribution is -0.191. The Balaban J connectivity index is 0.00000141. The quantitative estimate of drug-likeness (QED) is 0.172. The van der Waals surface area contributed by atoms with Gasteiger partial charge in [0.25, 0.3) is 0 Å². The van der Waals surface area contributed by atoms with Crippen LogP contribution in [0.4, 0.5) is 0 Å². The van der Waals surface area contributed by atoms with Crippen molar-refractivity contribution in [2.24, 2.45) is 0 Å². The molecule has 0 saturated carbocycles. The van der Waals surface area contributed by atoms with Gasteiger partial charge >= 0.3 is 12.1 Å². The molecule has 228 valence electrons. The number of aliphatic hydroxyl groups excluding tert-OH is 1. The number of imidazole rings is 1. The summed E-state index contributed by atoms with van der Waals surface area (Å²) < 4.78 is 13.0. The molecule has 0 bridgehead atoms. The third kappa shape index (κ3) is 7.13. The van der Waals surface area contributed by atoms with E-state index in [2.05, 4.69) is 20.9 Å². The standard InChI is InChI=1S/C29H26Cl2N4O6.CO2/c1-2-29(39)22(15-40-21(27(37)38)14-17-8-4-3-5-9-17)41-26(24(29)36)35-16-32-23-20(33-28(31)34-25(23)35)13-12-18-10-6-7-11-19(18)30;2-1-3/h1,3-11,16,21-22,24,26,36,39H,12-15H2,(H,37,38);/t21?,22-,24+,26-,29-;/m1./s1. The van der Waals surface area contributed by atoms with Crippen molar-refractivity contribution in [3.8, 4) is 12.3 Å². The van der Waals surface area contributed by atoms with Crippen molar-refractivity contribution in [3.05, 3.63) is 88.1 Å². The number of carboxylic acid groups (broad SMARTS) is 1. The molecule has 5 atom stereocenters. The lowest BCUT2D eigenvalue weighted by Gasteiger charge is -2.26. The number of aliphatic hydroxyl groups is 2. The molecule has 1 saturated heterocycles. The van der Waals surface area contributed by atoms with Crippen LogP contribution in [-0.2, 0) is 43.1 Å². The van der Waals surface area contributed by atoms with Crippen LogP contribution in [0.5, 0.6) is 0 Å². The lowest BCUT2D eigenvalue weighted by Crippen LogP contribution is -2.48. The number of halogens is 2. The van der Waals surface area contributed by atoms with Gasteiger partial charge in [-0.1, -0.05) is 66.1 Å². The van der Waals surface area contributed by atoms with E-state index in [1.807, 2.05) is 24.3 Å². The first-order valence-electron chi connectivity index (χ1n) is 13.2. The van der Waals surface area contributed by atoms with E-state index in [1.54, 1.807) is 30.3 Å². The second kappa shape index (κ2) is 14.5. The van der Waals surface area contributed by atoms with Gasteiger partial charge in [0, 0.05) is 11.4 Å². The summed E-state index contributed by atoms with van der Waals surface area (Å²) in [6, 6.07) is 16.4. The van der Waals surface area contributed by atoms with E-state index in [1.165, 1.54) is 10.9 Å². The molecule has 44 heavy (non-hydrogen) atoms. The number of fused-ring (bicyclic) bond motifs is 1. The molecule has 2 aromatic heterocycles. The zero-order valence-electron chi connectivity index (χ0n) is 22.9. The number of aromatic nitrogens is 4. The van der Waals surface area contributed by atoms with E-state index >= 15 is 0 Å². The first-order valence-corrected chi connectivity index (χ1v) is 13.9. The predicted molar refractivity (Wildman–Crippen MR) is 155 cm³/mol. The maximum Gasteiger partial charge on any atom is 0.373 e. The average molecular weight is 641 g/mol. The SMILES string of the molecule is C#C[C@@]1(O)[C@@H](COC(Cc2ccccc2)C(=O)O)O[C@@H](n2cnc3c(CCc4ccccc4Cl)nc(Cl)nc32)[C@@H]1O.O=C=O. The van der Waals surface area contributed by atoms with Crippen LogP contribution in [0.2, 0.25) is 10.3 Å². The maximum atomic E-state index is 11.9. The normalized spacial score (nSPS) is 21.6. The fourth-order valence-corrected chi connectivity index (χ4v) is 5.24. The van der Waals surface area contributed by atoms with Crippen LogP contribution in [0, 0.1) is 12.3 Å². The highest BCUT2D eigenvalue weighted by Crippen LogP contribution is 2.39. The summed E-state index contributed by atoms with van der Waals surface area (Å²) >= 11 is 12.5. The maximum absolute atomic E-state index is 11.9. The van der Waals surface area contributed by atoms with Gasteiger partial charge in [-0.25, -0.2) is 14.8 Å². The van der Waals surface area contributed by atoms with Crippen molar-refractivity contribution in [1.29, 1.82) is 0 Å². The van der Waals surface area contributed by atoms with Gasteiger partial charge in [-0.05, 0) is 41.6 Å². The minimum absolute atomic E-state index is 0.0433. The molecular weight excluding hydrogens is 615 g/mol. The summed E-state index contributed by atoms with van der Waals surface area (Å²) in [5, 5.41) is 32.6. The second-order valence-electron chi connectivity index (χ2n) is 9.72. The fourth-order valence-electron chi connectivity index (χ4n) is 4.83. The van der Waals surface area contributed by atoms with Gasteiger partial charge in [0.1, 0.15) is 17.7 Å². The van der Waals surface area contributed by atoms with Crippen LogP contribution < -0.4 is 0 Å². The van der Waals surface area contributed by atoms with Gasteiger partial charge in [0.05, 0.1) is 18.6 Å². The van der Waals surface area contributed by atoms with Gasteiger partial charge in [-0.3, -0.25) is 4.57 Å². The van der Waals surface area contributed by atoms with Crippen LogP contribution >= 0.6 is 23.2 Å². The number of hydrogen-bond donors (Lipinski definition) is 3. The molecular formula is C30H26Cl2N4O8. The Morgan fingerprint density at radius 1 is 1.11 bits per heavy atom.